The van der Waals surface area contributed by atoms with Gasteiger partial charge in [-0.25, -0.2) is 0 Å². The van der Waals surface area contributed by atoms with E-state index in [0.29, 0.717) is 16.1 Å². The Morgan fingerprint density at radius 3 is 2.62 bits per heavy atom. The largest absolute Gasteiger partial charge is 0.429 e. The van der Waals surface area contributed by atoms with Gasteiger partial charge in [-0.05, 0) is 50.0 Å². The van der Waals surface area contributed by atoms with Crippen molar-refractivity contribution in [1.82, 2.24) is 9.88 Å². The van der Waals surface area contributed by atoms with Crippen LogP contribution in [-0.2, 0) is 9.59 Å². The van der Waals surface area contributed by atoms with Crippen molar-refractivity contribution in [2.45, 2.75) is 38.5 Å². The minimum atomic E-state index is -0.259. The second-order valence-electron chi connectivity index (χ2n) is 7.24. The summed E-state index contributed by atoms with van der Waals surface area (Å²) in [6, 6.07) is 5.42. The Balaban J connectivity index is 1.50. The summed E-state index contributed by atoms with van der Waals surface area (Å²) in [5.41, 5.74) is 2.08. The van der Waals surface area contributed by atoms with Crippen LogP contribution in [0.25, 0.3) is 11.1 Å². The summed E-state index contributed by atoms with van der Waals surface area (Å²) in [7, 11) is 0. The molecule has 1 aromatic carbocycles. The Hall–Kier alpha value is -2.15. The molecule has 1 aliphatic carbocycles. The minimum Gasteiger partial charge on any atom is -0.429 e. The second-order valence-corrected chi connectivity index (χ2v) is 7.62. The van der Waals surface area contributed by atoms with E-state index >= 15 is 0 Å². The molecule has 2 aliphatic rings. The van der Waals surface area contributed by atoms with Crippen LogP contribution in [0.4, 0.5) is 5.69 Å². The number of aromatic nitrogens is 1. The molecule has 0 bridgehead atoms. The number of carbonyl (C=O) groups excluding carboxylic acids is 2. The fraction of sp³-hybridized carbons (Fsp3) is 0.526. The van der Waals surface area contributed by atoms with Crippen LogP contribution in [0.15, 0.2) is 22.6 Å². The average molecular weight is 373 g/mol. The van der Waals surface area contributed by atoms with Gasteiger partial charge in [0.15, 0.2) is 5.58 Å². The normalized spacial score (nSPS) is 23.3. The maximum absolute atomic E-state index is 12.9. The quantitative estimate of drug-likeness (QED) is 0.801. The number of aromatic amines is 1. The molecule has 2 heterocycles. The lowest BCUT2D eigenvalue weighted by atomic mass is 9.77. The highest BCUT2D eigenvalue weighted by Crippen LogP contribution is 2.33. The number of benzene rings is 1. The van der Waals surface area contributed by atoms with Crippen LogP contribution in [0.2, 0.25) is 0 Å². The van der Waals surface area contributed by atoms with Crippen LogP contribution in [0.3, 0.4) is 0 Å². The molecule has 0 radical (unpaired) electrons. The number of carbonyl (C=O) groups is 2. The minimum absolute atomic E-state index is 0.0734. The van der Waals surface area contributed by atoms with E-state index in [1.807, 2.05) is 17.0 Å². The summed E-state index contributed by atoms with van der Waals surface area (Å²) in [6.07, 6.45) is 5.72. The molecule has 0 spiro atoms. The Kier molecular flexibility index (Phi) is 4.80. The molecule has 2 fully saturated rings. The third-order valence-corrected chi connectivity index (χ3v) is 5.71. The molecular weight excluding hydrogens is 350 g/mol. The fourth-order valence-corrected chi connectivity index (χ4v) is 4.37. The topological polar surface area (TPSA) is 78.3 Å². The molecule has 6 nitrogen and oxygen atoms in total. The summed E-state index contributed by atoms with van der Waals surface area (Å²) < 4.78 is 5.41. The Morgan fingerprint density at radius 1 is 1.12 bits per heavy atom. The molecule has 1 aromatic heterocycles. The average Bonchev–Trinajstić information content (AvgIpc) is 3.29. The van der Waals surface area contributed by atoms with Crippen molar-refractivity contribution < 1.29 is 14.0 Å². The van der Waals surface area contributed by atoms with Crippen LogP contribution >= 0.6 is 12.2 Å². The molecule has 7 heteroatoms. The van der Waals surface area contributed by atoms with Crippen molar-refractivity contribution in [3.8, 4) is 0 Å². The number of rotatable bonds is 3. The number of nitrogens with one attached hydrogen (secondary N) is 2. The number of oxazole rings is 1. The van der Waals surface area contributed by atoms with Gasteiger partial charge in [0.25, 0.3) is 4.84 Å². The Morgan fingerprint density at radius 2 is 1.85 bits per heavy atom. The molecule has 1 saturated heterocycles. The zero-order valence-electron chi connectivity index (χ0n) is 14.6. The van der Waals surface area contributed by atoms with Crippen molar-refractivity contribution in [2.75, 3.05) is 18.4 Å². The highest BCUT2D eigenvalue weighted by molar-refractivity contribution is 7.71. The monoisotopic (exact) mass is 373 g/mol. The molecule has 138 valence electrons. The number of fused-ring (bicyclic) bond motifs is 1. The summed E-state index contributed by atoms with van der Waals surface area (Å²) in [5.74, 6) is -0.364. The SMILES string of the molecule is O=C(Nc1ccc2[nH]c(=S)oc2c1)C1CCCCC1C(=O)N1CCCC1. The summed E-state index contributed by atoms with van der Waals surface area (Å²) >= 11 is 4.99. The van der Waals surface area contributed by atoms with Crippen molar-refractivity contribution in [1.29, 1.82) is 0 Å². The van der Waals surface area contributed by atoms with Gasteiger partial charge in [0.2, 0.25) is 11.8 Å². The van der Waals surface area contributed by atoms with E-state index in [0.717, 1.165) is 57.1 Å². The number of likely N-dealkylation sites (tertiary alicyclic amines) is 1. The third kappa shape index (κ3) is 3.40. The molecule has 2 N–H and O–H groups in total. The molecule has 2 unspecified atom stereocenters. The number of H-pyrrole nitrogens is 1. The van der Waals surface area contributed by atoms with E-state index in [4.69, 9.17) is 16.6 Å². The van der Waals surface area contributed by atoms with E-state index in [2.05, 4.69) is 10.3 Å². The van der Waals surface area contributed by atoms with Crippen LogP contribution in [0, 0.1) is 16.7 Å². The predicted octanol–water partition coefficient (Wildman–Crippen LogP) is 3.86. The first kappa shape index (κ1) is 17.3. The van der Waals surface area contributed by atoms with E-state index in [1.165, 1.54) is 0 Å². The number of hydrogen-bond donors (Lipinski definition) is 2. The molecular formula is C19H23N3O3S. The van der Waals surface area contributed by atoms with E-state index in [9.17, 15) is 9.59 Å². The van der Waals surface area contributed by atoms with E-state index in [-0.39, 0.29) is 23.7 Å². The summed E-state index contributed by atoms with van der Waals surface area (Å²) in [4.78, 5) is 30.9. The van der Waals surface area contributed by atoms with Gasteiger partial charge in [0, 0.05) is 36.7 Å². The summed E-state index contributed by atoms with van der Waals surface area (Å²) in [6.45, 7) is 1.66. The first-order valence-electron chi connectivity index (χ1n) is 9.34. The van der Waals surface area contributed by atoms with Crippen LogP contribution in [0.5, 0.6) is 0 Å². The maximum Gasteiger partial charge on any atom is 0.266 e. The second kappa shape index (κ2) is 7.23. The Labute approximate surface area is 156 Å². The van der Waals surface area contributed by atoms with Gasteiger partial charge in [-0.3, -0.25) is 9.59 Å². The summed E-state index contributed by atoms with van der Waals surface area (Å²) in [5, 5.41) is 2.97. The lowest BCUT2D eigenvalue weighted by molar-refractivity contribution is -0.141. The first-order valence-corrected chi connectivity index (χ1v) is 9.75. The highest BCUT2D eigenvalue weighted by Gasteiger charge is 2.38. The molecule has 1 saturated carbocycles. The van der Waals surface area contributed by atoms with Gasteiger partial charge < -0.3 is 19.6 Å². The van der Waals surface area contributed by atoms with E-state index in [1.54, 1.807) is 6.07 Å². The smallest absolute Gasteiger partial charge is 0.266 e. The van der Waals surface area contributed by atoms with Gasteiger partial charge in [-0.1, -0.05) is 12.8 Å². The van der Waals surface area contributed by atoms with Gasteiger partial charge in [-0.15, -0.1) is 0 Å². The van der Waals surface area contributed by atoms with Crippen molar-refractivity contribution >= 4 is 40.8 Å². The van der Waals surface area contributed by atoms with Gasteiger partial charge in [-0.2, -0.15) is 0 Å². The molecule has 2 aromatic rings. The zero-order valence-corrected chi connectivity index (χ0v) is 15.4. The van der Waals surface area contributed by atoms with Crippen LogP contribution in [-0.4, -0.2) is 34.8 Å². The van der Waals surface area contributed by atoms with Crippen molar-refractivity contribution in [3.05, 3.63) is 23.0 Å². The fourth-order valence-electron chi connectivity index (χ4n) is 4.17. The van der Waals surface area contributed by atoms with Crippen LogP contribution < -0.4 is 5.32 Å². The van der Waals surface area contributed by atoms with Crippen LogP contribution in [0.1, 0.15) is 38.5 Å². The standard InChI is InChI=1S/C19H23N3O3S/c23-17(20-12-7-8-15-16(11-12)25-19(26)21-15)13-5-1-2-6-14(13)18(24)22-9-3-4-10-22/h7-8,11,13-14H,1-6,9-10H2,(H,20,23)(H,21,26). The van der Waals surface area contributed by atoms with Gasteiger partial charge in [0.1, 0.15) is 0 Å². The predicted molar refractivity (Wildman–Crippen MR) is 101 cm³/mol. The van der Waals surface area contributed by atoms with Crippen molar-refractivity contribution in [2.24, 2.45) is 11.8 Å². The lowest BCUT2D eigenvalue weighted by Gasteiger charge is -2.32. The third-order valence-electron chi connectivity index (χ3n) is 5.53. The van der Waals surface area contributed by atoms with Gasteiger partial charge in [0.05, 0.1) is 5.52 Å². The maximum atomic E-state index is 12.9. The Bertz CT molecular complexity index is 882. The zero-order chi connectivity index (χ0) is 18.1. The van der Waals surface area contributed by atoms with E-state index < -0.39 is 0 Å². The number of nitrogens with zero attached hydrogens (tertiary/aromatic N) is 1. The van der Waals surface area contributed by atoms with Crippen molar-refractivity contribution in [3.63, 3.8) is 0 Å². The number of anilines is 1. The molecule has 26 heavy (non-hydrogen) atoms. The molecule has 4 rings (SSSR count). The number of hydrogen-bond acceptors (Lipinski definition) is 4. The highest BCUT2D eigenvalue weighted by atomic mass is 32.1. The molecule has 2 amide bonds. The van der Waals surface area contributed by atoms with Gasteiger partial charge >= 0.3 is 0 Å². The first-order chi connectivity index (χ1) is 12.6. The lowest BCUT2D eigenvalue weighted by Crippen LogP contribution is -2.42. The number of amides is 2. The molecule has 2 atom stereocenters. The molecule has 1 aliphatic heterocycles.